The first-order valence-corrected chi connectivity index (χ1v) is 11.0. The van der Waals surface area contributed by atoms with Crippen molar-refractivity contribution in [2.75, 3.05) is 20.3 Å². The number of fused-ring (bicyclic) bond motifs is 4. The van der Waals surface area contributed by atoms with Gasteiger partial charge in [-0.05, 0) is 56.7 Å². The molecule has 3 heterocycles. The third-order valence-electron chi connectivity index (χ3n) is 5.69. The lowest BCUT2D eigenvalue weighted by Crippen LogP contribution is -2.24. The smallest absolute Gasteiger partial charge is 0.265 e. The van der Waals surface area contributed by atoms with Crippen molar-refractivity contribution < 1.29 is 9.47 Å². The topological polar surface area (TPSA) is 84.1 Å². The molecule has 8 nitrogen and oxygen atoms in total. The molecule has 0 N–H and O–H groups in total. The van der Waals surface area contributed by atoms with Gasteiger partial charge in [0.05, 0.1) is 17.6 Å². The second-order valence-electron chi connectivity index (χ2n) is 7.81. The number of para-hydroxylation sites is 2. The molecule has 5 rings (SSSR count). The largest absolute Gasteiger partial charge is 0.494 e. The molecule has 3 aromatic heterocycles. The number of rotatable bonds is 7. The standard InChI is InChI=1S/C25H25N5O3/c1-4-33-18-12-10-17(11-13-18)30-23-21(25(31)29(16(2)26-23)14-7-15-32-3)22-24(30)28-20-9-6-5-8-19(20)27-22/h5-6,8-13H,4,7,14-15H2,1-3H3. The molecule has 33 heavy (non-hydrogen) atoms. The fraction of sp³-hybridized carbons (Fsp3) is 0.280. The number of benzene rings is 2. The van der Waals surface area contributed by atoms with Crippen molar-refractivity contribution in [1.82, 2.24) is 24.1 Å². The van der Waals surface area contributed by atoms with Crippen molar-refractivity contribution in [3.8, 4) is 11.4 Å². The monoisotopic (exact) mass is 443 g/mol. The Balaban J connectivity index is 1.83. The quantitative estimate of drug-likeness (QED) is 0.353. The number of hydrogen-bond acceptors (Lipinski definition) is 6. The highest BCUT2D eigenvalue weighted by atomic mass is 16.5. The lowest BCUT2D eigenvalue weighted by Gasteiger charge is -2.11. The molecule has 0 radical (unpaired) electrons. The Morgan fingerprint density at radius 2 is 1.67 bits per heavy atom. The van der Waals surface area contributed by atoms with E-state index in [0.29, 0.717) is 47.8 Å². The van der Waals surface area contributed by atoms with E-state index in [1.807, 2.05) is 66.9 Å². The lowest BCUT2D eigenvalue weighted by molar-refractivity contribution is 0.189. The van der Waals surface area contributed by atoms with E-state index in [0.717, 1.165) is 28.9 Å². The van der Waals surface area contributed by atoms with Crippen molar-refractivity contribution in [2.45, 2.75) is 26.8 Å². The molecule has 0 saturated carbocycles. The fourth-order valence-corrected chi connectivity index (χ4v) is 4.16. The Morgan fingerprint density at radius 1 is 0.939 bits per heavy atom. The Morgan fingerprint density at radius 3 is 2.36 bits per heavy atom. The predicted molar refractivity (Wildman–Crippen MR) is 128 cm³/mol. The van der Waals surface area contributed by atoms with Gasteiger partial charge in [-0.15, -0.1) is 0 Å². The van der Waals surface area contributed by atoms with Gasteiger partial charge in [0.1, 0.15) is 22.5 Å². The van der Waals surface area contributed by atoms with Crippen LogP contribution in [-0.4, -0.2) is 44.4 Å². The normalized spacial score (nSPS) is 11.6. The highest BCUT2D eigenvalue weighted by Gasteiger charge is 2.22. The number of aromatic nitrogens is 5. The van der Waals surface area contributed by atoms with Crippen LogP contribution in [0.25, 0.3) is 38.9 Å². The summed E-state index contributed by atoms with van der Waals surface area (Å²) in [5.74, 6) is 1.42. The van der Waals surface area contributed by atoms with Crippen molar-refractivity contribution >= 4 is 33.2 Å². The minimum Gasteiger partial charge on any atom is -0.494 e. The molecule has 5 aromatic rings. The first-order valence-electron chi connectivity index (χ1n) is 11.0. The Kier molecular flexibility index (Phi) is 5.51. The maximum absolute atomic E-state index is 13.7. The van der Waals surface area contributed by atoms with Gasteiger partial charge in [-0.1, -0.05) is 12.1 Å². The molecule has 0 amide bonds. The van der Waals surface area contributed by atoms with Gasteiger partial charge in [0, 0.05) is 25.9 Å². The summed E-state index contributed by atoms with van der Waals surface area (Å²) in [5, 5.41) is 0.472. The van der Waals surface area contributed by atoms with Crippen LogP contribution < -0.4 is 10.3 Å². The van der Waals surface area contributed by atoms with Gasteiger partial charge in [0.15, 0.2) is 11.3 Å². The van der Waals surface area contributed by atoms with Gasteiger partial charge in [-0.3, -0.25) is 13.9 Å². The van der Waals surface area contributed by atoms with Gasteiger partial charge in [-0.2, -0.15) is 0 Å². The lowest BCUT2D eigenvalue weighted by atomic mass is 10.3. The van der Waals surface area contributed by atoms with Crippen LogP contribution in [0.15, 0.2) is 53.3 Å². The summed E-state index contributed by atoms with van der Waals surface area (Å²) >= 11 is 0. The highest BCUT2D eigenvalue weighted by Crippen LogP contribution is 2.29. The molecule has 0 aliphatic heterocycles. The summed E-state index contributed by atoms with van der Waals surface area (Å²) in [7, 11) is 1.65. The predicted octanol–water partition coefficient (Wildman–Crippen LogP) is 4.03. The molecular formula is C25H25N5O3. The summed E-state index contributed by atoms with van der Waals surface area (Å²) in [4.78, 5) is 28.2. The third-order valence-corrected chi connectivity index (χ3v) is 5.69. The summed E-state index contributed by atoms with van der Waals surface area (Å²) in [6.45, 7) is 5.49. The number of nitrogens with zero attached hydrogens (tertiary/aromatic N) is 5. The molecule has 0 bridgehead atoms. The van der Waals surface area contributed by atoms with E-state index in [1.54, 1.807) is 11.7 Å². The van der Waals surface area contributed by atoms with Crippen LogP contribution in [0.2, 0.25) is 0 Å². The summed E-state index contributed by atoms with van der Waals surface area (Å²) in [6, 6.07) is 15.4. The minimum atomic E-state index is -0.118. The van der Waals surface area contributed by atoms with Crippen molar-refractivity contribution in [2.24, 2.45) is 0 Å². The van der Waals surface area contributed by atoms with Crippen LogP contribution in [0.1, 0.15) is 19.2 Å². The molecule has 0 unspecified atom stereocenters. The number of hydrogen-bond donors (Lipinski definition) is 0. The van der Waals surface area contributed by atoms with Crippen molar-refractivity contribution in [1.29, 1.82) is 0 Å². The first-order chi connectivity index (χ1) is 16.1. The summed E-state index contributed by atoms with van der Waals surface area (Å²) < 4.78 is 14.4. The van der Waals surface area contributed by atoms with Crippen LogP contribution in [0.4, 0.5) is 0 Å². The van der Waals surface area contributed by atoms with Gasteiger partial charge < -0.3 is 9.47 Å². The fourth-order valence-electron chi connectivity index (χ4n) is 4.16. The molecule has 0 atom stereocenters. The van der Waals surface area contributed by atoms with E-state index >= 15 is 0 Å². The van der Waals surface area contributed by atoms with Crippen LogP contribution in [-0.2, 0) is 11.3 Å². The number of ether oxygens (including phenoxy) is 2. The summed E-state index contributed by atoms with van der Waals surface area (Å²) in [5.41, 5.74) is 3.93. The zero-order valence-corrected chi connectivity index (χ0v) is 18.9. The van der Waals surface area contributed by atoms with Crippen molar-refractivity contribution in [3.63, 3.8) is 0 Å². The zero-order chi connectivity index (χ0) is 22.9. The SMILES string of the molecule is CCOc1ccc(-n2c3nc4ccccc4nc3c3c(=O)n(CCCOC)c(C)nc32)cc1. The second-order valence-corrected chi connectivity index (χ2v) is 7.81. The van der Waals surface area contributed by atoms with E-state index in [1.165, 1.54) is 0 Å². The molecule has 8 heteroatoms. The van der Waals surface area contributed by atoms with Gasteiger partial charge in [0.25, 0.3) is 5.56 Å². The third kappa shape index (κ3) is 3.62. The van der Waals surface area contributed by atoms with Crippen LogP contribution in [0.5, 0.6) is 5.75 Å². The van der Waals surface area contributed by atoms with E-state index < -0.39 is 0 Å². The van der Waals surface area contributed by atoms with Crippen LogP contribution in [0, 0.1) is 6.92 Å². The zero-order valence-electron chi connectivity index (χ0n) is 18.9. The van der Waals surface area contributed by atoms with Crippen LogP contribution in [0.3, 0.4) is 0 Å². The Hall–Kier alpha value is -3.78. The summed E-state index contributed by atoms with van der Waals surface area (Å²) in [6.07, 6.45) is 0.719. The number of aryl methyl sites for hydroxylation is 1. The first kappa shape index (κ1) is 21.1. The molecule has 0 fully saturated rings. The van der Waals surface area contributed by atoms with Crippen LogP contribution >= 0.6 is 0 Å². The molecule has 0 aliphatic rings. The average Bonchev–Trinajstić information content (AvgIpc) is 3.13. The van der Waals surface area contributed by atoms with E-state index in [9.17, 15) is 4.79 Å². The average molecular weight is 444 g/mol. The molecule has 168 valence electrons. The highest BCUT2D eigenvalue weighted by molar-refractivity contribution is 6.05. The van der Waals surface area contributed by atoms with Gasteiger partial charge >= 0.3 is 0 Å². The number of methoxy groups -OCH3 is 1. The molecule has 2 aromatic carbocycles. The molecule has 0 spiro atoms. The van der Waals surface area contributed by atoms with E-state index in [4.69, 9.17) is 24.4 Å². The Bertz CT molecular complexity index is 1520. The molecule has 0 saturated heterocycles. The maximum Gasteiger partial charge on any atom is 0.265 e. The van der Waals surface area contributed by atoms with Gasteiger partial charge in [0.2, 0.25) is 0 Å². The maximum atomic E-state index is 13.7. The minimum absolute atomic E-state index is 0.118. The molecule has 0 aliphatic carbocycles. The Labute approximate surface area is 190 Å². The van der Waals surface area contributed by atoms with Crippen molar-refractivity contribution in [3.05, 3.63) is 64.7 Å². The second kappa shape index (κ2) is 8.63. The van der Waals surface area contributed by atoms with E-state index in [-0.39, 0.29) is 5.56 Å². The molecular weight excluding hydrogens is 418 g/mol. The van der Waals surface area contributed by atoms with E-state index in [2.05, 4.69) is 0 Å². The van der Waals surface area contributed by atoms with Gasteiger partial charge in [-0.25, -0.2) is 15.0 Å².